The van der Waals surface area contributed by atoms with Crippen molar-refractivity contribution in [1.82, 2.24) is 9.80 Å². The lowest BCUT2D eigenvalue weighted by Crippen LogP contribution is -2.34. The number of benzene rings is 3. The van der Waals surface area contributed by atoms with Crippen molar-refractivity contribution >= 4 is 18.8 Å². The van der Waals surface area contributed by atoms with E-state index >= 15 is 0 Å². The van der Waals surface area contributed by atoms with E-state index in [-0.39, 0.29) is 19.3 Å². The normalized spacial score (nSPS) is 12.4. The third-order valence-electron chi connectivity index (χ3n) is 7.11. The minimum absolute atomic E-state index is 0.0191. The number of unbranched alkanes of at least 4 members (excludes halogenated alkanes) is 1. The lowest BCUT2D eigenvalue weighted by molar-refractivity contribution is 0.100. The molecular weight excluding hydrogens is 527 g/mol. The van der Waals surface area contributed by atoms with E-state index in [1.54, 1.807) is 0 Å². The number of nitrogens with zero attached hydrogens (tertiary/aromatic N) is 2. The molecule has 3 aromatic rings. The maximum atomic E-state index is 10.3. The highest BCUT2D eigenvalue weighted by Gasteiger charge is 2.20. The molecule has 8 heteroatoms. The summed E-state index contributed by atoms with van der Waals surface area (Å²) in [6.07, 6.45) is 3.00. The summed E-state index contributed by atoms with van der Waals surface area (Å²) < 4.78 is 5.95. The zero-order chi connectivity index (χ0) is 30.7. The van der Waals surface area contributed by atoms with Crippen molar-refractivity contribution in [2.75, 3.05) is 53.6 Å². The van der Waals surface area contributed by atoms with Gasteiger partial charge in [-0.15, -0.1) is 0 Å². The summed E-state index contributed by atoms with van der Waals surface area (Å²) in [4.78, 5) is 4.30. The van der Waals surface area contributed by atoms with Crippen molar-refractivity contribution in [3.63, 3.8) is 0 Å². The summed E-state index contributed by atoms with van der Waals surface area (Å²) in [5.74, 6) is 0.870. The molecule has 1 unspecified atom stereocenters. The Morgan fingerprint density at radius 1 is 0.786 bits per heavy atom. The quantitative estimate of drug-likeness (QED) is 0.149. The van der Waals surface area contributed by atoms with E-state index in [4.69, 9.17) is 14.8 Å². The summed E-state index contributed by atoms with van der Waals surface area (Å²) in [5, 5.41) is 34.1. The maximum absolute atomic E-state index is 10.3. The Morgan fingerprint density at radius 2 is 1.38 bits per heavy atom. The minimum Gasteiger partial charge on any atom is -0.492 e. The van der Waals surface area contributed by atoms with Crippen LogP contribution in [-0.2, 0) is 0 Å². The summed E-state index contributed by atoms with van der Waals surface area (Å²) >= 11 is 0. The number of aliphatic hydroxyl groups excluding tert-OH is 2. The number of hydrogen-bond donors (Lipinski definition) is 4. The second kappa shape index (κ2) is 20.0. The topological polar surface area (TPSA) is 96.6 Å². The molecule has 0 fully saturated rings. The summed E-state index contributed by atoms with van der Waals surface area (Å²) in [6.45, 7) is 7.39. The maximum Gasteiger partial charge on any atom is 0.432 e. The molecular formula is C34H49BN2O5. The monoisotopic (exact) mass is 576 g/mol. The number of ether oxygens (including phenoxy) is 1. The van der Waals surface area contributed by atoms with Gasteiger partial charge >= 0.3 is 7.69 Å². The average molecular weight is 577 g/mol. The first-order valence-corrected chi connectivity index (χ1v) is 14.9. The lowest BCUT2D eigenvalue weighted by Gasteiger charge is -2.30. The van der Waals surface area contributed by atoms with E-state index in [1.807, 2.05) is 14.1 Å². The lowest BCUT2D eigenvalue weighted by atomic mass is 9.87. The third-order valence-corrected chi connectivity index (χ3v) is 7.11. The third kappa shape index (κ3) is 11.0. The van der Waals surface area contributed by atoms with Gasteiger partial charge in [0.15, 0.2) is 0 Å². The van der Waals surface area contributed by atoms with Crippen LogP contribution >= 0.6 is 0 Å². The van der Waals surface area contributed by atoms with E-state index in [9.17, 15) is 10.2 Å². The van der Waals surface area contributed by atoms with E-state index < -0.39 is 7.69 Å². The van der Waals surface area contributed by atoms with E-state index in [2.05, 4.69) is 103 Å². The fraction of sp³-hybridized carbons (Fsp3) is 0.412. The van der Waals surface area contributed by atoms with Gasteiger partial charge in [0.25, 0.3) is 0 Å². The minimum atomic E-state index is -0.750. The standard InChI is InChI=1S/C34H46N2O3.BH3O2/c1-5-7-21-36(22-24-37)33(26-38)28-13-15-29(16-14-28)34(32(6-2)27-11-9-8-10-12-27)30-17-19-31(20-18-30)39-25-23-35(3)4;2-1-3/h8-20,33,37-38H,5-7,21-26H2,1-4H3;1-3H. The van der Waals surface area contributed by atoms with Crippen LogP contribution in [0.4, 0.5) is 0 Å². The summed E-state index contributed by atoms with van der Waals surface area (Å²) in [5.41, 5.74) is 7.05. The van der Waals surface area contributed by atoms with Gasteiger partial charge in [-0.2, -0.15) is 0 Å². The molecule has 0 aliphatic rings. The van der Waals surface area contributed by atoms with Crippen LogP contribution in [0.1, 0.15) is 61.4 Å². The molecule has 1 atom stereocenters. The first-order chi connectivity index (χ1) is 20.4. The van der Waals surface area contributed by atoms with Crippen molar-refractivity contribution in [2.45, 2.75) is 39.2 Å². The Kier molecular flexibility index (Phi) is 16.8. The molecule has 228 valence electrons. The predicted octanol–water partition coefficient (Wildman–Crippen LogP) is 4.36. The van der Waals surface area contributed by atoms with Crippen LogP contribution in [0, 0.1) is 0 Å². The zero-order valence-corrected chi connectivity index (χ0v) is 25.7. The zero-order valence-electron chi connectivity index (χ0n) is 25.7. The van der Waals surface area contributed by atoms with Gasteiger partial charge < -0.3 is 29.9 Å². The number of aliphatic hydroxyl groups is 2. The van der Waals surface area contributed by atoms with E-state index in [0.29, 0.717) is 13.2 Å². The smallest absolute Gasteiger partial charge is 0.432 e. The van der Waals surface area contributed by atoms with Gasteiger partial charge in [0.05, 0.1) is 19.3 Å². The Labute approximate surface area is 253 Å². The van der Waals surface area contributed by atoms with Gasteiger partial charge in [-0.3, -0.25) is 4.90 Å². The number of rotatable bonds is 16. The van der Waals surface area contributed by atoms with Crippen molar-refractivity contribution in [1.29, 1.82) is 0 Å². The van der Waals surface area contributed by atoms with Crippen molar-refractivity contribution < 1.29 is 25.0 Å². The second-order valence-corrected chi connectivity index (χ2v) is 10.3. The number of likely N-dealkylation sites (N-methyl/N-ethyl adjacent to an activating group) is 1. The van der Waals surface area contributed by atoms with Crippen LogP contribution in [0.25, 0.3) is 11.1 Å². The molecule has 0 saturated heterocycles. The average Bonchev–Trinajstić information content (AvgIpc) is 3.00. The van der Waals surface area contributed by atoms with Gasteiger partial charge in [-0.25, -0.2) is 0 Å². The molecule has 4 N–H and O–H groups in total. The van der Waals surface area contributed by atoms with Crippen LogP contribution in [0.15, 0.2) is 78.9 Å². The predicted molar refractivity (Wildman–Crippen MR) is 175 cm³/mol. The van der Waals surface area contributed by atoms with E-state index in [1.165, 1.54) is 16.7 Å². The van der Waals surface area contributed by atoms with Gasteiger partial charge in [0.1, 0.15) is 12.4 Å². The SMILES string of the molecule is CCCCN(CCO)C(CO)c1ccc(C(=C(CC)c2ccccc2)c2ccc(OCCN(C)C)cc2)cc1.OBO. The molecule has 0 spiro atoms. The van der Waals surface area contributed by atoms with Crippen LogP contribution in [-0.4, -0.2) is 91.3 Å². The fourth-order valence-electron chi connectivity index (χ4n) is 4.96. The molecule has 3 aromatic carbocycles. The van der Waals surface area contributed by atoms with Crippen LogP contribution in [0.5, 0.6) is 5.75 Å². The van der Waals surface area contributed by atoms with Crippen LogP contribution in [0.3, 0.4) is 0 Å². The van der Waals surface area contributed by atoms with E-state index in [0.717, 1.165) is 54.8 Å². The first kappa shape index (κ1) is 35.2. The Morgan fingerprint density at radius 3 is 1.88 bits per heavy atom. The van der Waals surface area contributed by atoms with Gasteiger partial charge in [-0.1, -0.05) is 87.0 Å². The molecule has 3 rings (SSSR count). The Hall–Kier alpha value is -2.98. The van der Waals surface area contributed by atoms with Crippen LogP contribution < -0.4 is 4.74 Å². The second-order valence-electron chi connectivity index (χ2n) is 10.3. The molecule has 7 nitrogen and oxygen atoms in total. The number of hydrogen-bond acceptors (Lipinski definition) is 7. The highest BCUT2D eigenvalue weighted by Crippen LogP contribution is 2.36. The Balaban J connectivity index is 0.00000197. The van der Waals surface area contributed by atoms with Crippen molar-refractivity contribution in [2.24, 2.45) is 0 Å². The Bertz CT molecular complexity index is 1150. The molecule has 0 aromatic heterocycles. The van der Waals surface area contributed by atoms with Crippen LogP contribution in [0.2, 0.25) is 0 Å². The molecule has 0 bridgehead atoms. The fourth-order valence-corrected chi connectivity index (χ4v) is 4.96. The van der Waals surface area contributed by atoms with Gasteiger partial charge in [0.2, 0.25) is 0 Å². The molecule has 0 aliphatic heterocycles. The van der Waals surface area contributed by atoms with Gasteiger partial charge in [0, 0.05) is 13.1 Å². The highest BCUT2D eigenvalue weighted by molar-refractivity contribution is 6.13. The molecule has 0 amide bonds. The molecule has 0 aliphatic carbocycles. The highest BCUT2D eigenvalue weighted by atomic mass is 16.5. The first-order valence-electron chi connectivity index (χ1n) is 14.9. The molecule has 0 heterocycles. The van der Waals surface area contributed by atoms with Crippen molar-refractivity contribution in [3.05, 3.63) is 101 Å². The van der Waals surface area contributed by atoms with Gasteiger partial charge in [-0.05, 0) is 79.0 Å². The number of allylic oxidation sites excluding steroid dienone is 1. The van der Waals surface area contributed by atoms with Crippen molar-refractivity contribution in [3.8, 4) is 5.75 Å². The molecule has 0 radical (unpaired) electrons. The largest absolute Gasteiger partial charge is 0.492 e. The molecule has 42 heavy (non-hydrogen) atoms. The summed E-state index contributed by atoms with van der Waals surface area (Å²) in [7, 11) is 3.34. The molecule has 0 saturated carbocycles. The summed E-state index contributed by atoms with van der Waals surface area (Å²) in [6, 6.07) is 27.5.